The van der Waals surface area contributed by atoms with Crippen LogP contribution in [0.15, 0.2) is 54.9 Å². The molecule has 0 spiro atoms. The fraction of sp³-hybridized carbons (Fsp3) is 0.320. The number of aromatic nitrogens is 4. The van der Waals surface area contributed by atoms with E-state index in [2.05, 4.69) is 9.97 Å². The van der Waals surface area contributed by atoms with Gasteiger partial charge in [0.25, 0.3) is 0 Å². The number of nitrogens with zero attached hydrogens (tertiary/aromatic N) is 5. The van der Waals surface area contributed by atoms with Crippen LogP contribution in [0.2, 0.25) is 0 Å². The number of anilines is 1. The number of phenols is 1. The number of ether oxygens (including phenoxy) is 1. The summed E-state index contributed by atoms with van der Waals surface area (Å²) in [5, 5.41) is 15.1. The van der Waals surface area contributed by atoms with Crippen LogP contribution in [-0.4, -0.2) is 50.6 Å². The van der Waals surface area contributed by atoms with Gasteiger partial charge in [-0.15, -0.1) is 5.10 Å². The van der Waals surface area contributed by atoms with Gasteiger partial charge in [0.15, 0.2) is 5.65 Å². The largest absolute Gasteiger partial charge is 0.508 e. The Labute approximate surface area is 194 Å². The van der Waals surface area contributed by atoms with E-state index in [-0.39, 0.29) is 18.7 Å². The topological polar surface area (TPSA) is 75.8 Å². The van der Waals surface area contributed by atoms with Gasteiger partial charge in [0.1, 0.15) is 29.3 Å². The van der Waals surface area contributed by atoms with Gasteiger partial charge in [-0.1, -0.05) is 0 Å². The zero-order chi connectivity index (χ0) is 23.2. The summed E-state index contributed by atoms with van der Waals surface area (Å²) in [6, 6.07) is 10.8. The molecule has 9 heteroatoms. The standard InChI is InChI=1S/C25H23F2N5O2/c26-17-1-2-23(33)19(10-17)21-11-18(27)13-31(21)25-4-3-24-29-12-22(32(24)30-25)20-9-15(5-7-28-20)16-6-8-34-14-16/h1-5,7,9-10,12,16,18,21,33H,6,8,11,13-14H2/t16-,18-,21+/m0/s1. The van der Waals surface area contributed by atoms with Crippen molar-refractivity contribution in [2.75, 3.05) is 24.7 Å². The molecule has 0 unspecified atom stereocenters. The predicted octanol–water partition coefficient (Wildman–Crippen LogP) is 4.43. The molecule has 2 aliphatic rings. The smallest absolute Gasteiger partial charge is 0.154 e. The third kappa shape index (κ3) is 3.66. The number of hydrogen-bond donors (Lipinski definition) is 1. The van der Waals surface area contributed by atoms with Gasteiger partial charge in [0.2, 0.25) is 0 Å². The van der Waals surface area contributed by atoms with Crippen molar-refractivity contribution in [3.05, 3.63) is 71.8 Å². The van der Waals surface area contributed by atoms with Crippen molar-refractivity contribution in [3.8, 4) is 17.1 Å². The van der Waals surface area contributed by atoms with Crippen LogP contribution in [0, 0.1) is 5.82 Å². The molecule has 3 aromatic heterocycles. The molecule has 174 valence electrons. The molecule has 1 N–H and O–H groups in total. The zero-order valence-corrected chi connectivity index (χ0v) is 18.3. The number of phenolic OH excluding ortho intramolecular Hbond substituents is 1. The van der Waals surface area contributed by atoms with Gasteiger partial charge >= 0.3 is 0 Å². The number of imidazole rings is 1. The highest BCUT2D eigenvalue weighted by molar-refractivity contribution is 5.61. The van der Waals surface area contributed by atoms with Crippen molar-refractivity contribution in [2.24, 2.45) is 0 Å². The SMILES string of the molecule is Oc1ccc(F)cc1[C@H]1C[C@H](F)CN1c1ccc2ncc(-c3cc([C@H]4CCOC4)ccn3)n2n1. The summed E-state index contributed by atoms with van der Waals surface area (Å²) >= 11 is 0. The quantitative estimate of drug-likeness (QED) is 0.483. The van der Waals surface area contributed by atoms with Crippen LogP contribution in [-0.2, 0) is 4.74 Å². The summed E-state index contributed by atoms with van der Waals surface area (Å²) in [7, 11) is 0. The Morgan fingerprint density at radius 1 is 1.09 bits per heavy atom. The first kappa shape index (κ1) is 21.0. The minimum Gasteiger partial charge on any atom is -0.508 e. The summed E-state index contributed by atoms with van der Waals surface area (Å²) < 4.78 is 35.7. The summed E-state index contributed by atoms with van der Waals surface area (Å²) in [4.78, 5) is 10.8. The minimum absolute atomic E-state index is 0.0631. The molecule has 6 rings (SSSR count). The molecular formula is C25H23F2N5O2. The van der Waals surface area contributed by atoms with Crippen LogP contribution in [0.3, 0.4) is 0 Å². The normalized spacial score (nSPS) is 22.6. The predicted molar refractivity (Wildman–Crippen MR) is 122 cm³/mol. The third-order valence-electron chi connectivity index (χ3n) is 6.69. The number of benzene rings is 1. The van der Waals surface area contributed by atoms with Gasteiger partial charge in [-0.25, -0.2) is 18.3 Å². The van der Waals surface area contributed by atoms with Crippen molar-refractivity contribution in [1.29, 1.82) is 0 Å². The molecule has 2 saturated heterocycles. The molecular weight excluding hydrogens is 440 g/mol. The minimum atomic E-state index is -1.13. The maximum Gasteiger partial charge on any atom is 0.154 e. The van der Waals surface area contributed by atoms with E-state index in [0.717, 1.165) is 30.0 Å². The van der Waals surface area contributed by atoms with E-state index >= 15 is 0 Å². The van der Waals surface area contributed by atoms with Crippen molar-refractivity contribution in [2.45, 2.75) is 31.0 Å². The fourth-order valence-electron chi connectivity index (χ4n) is 4.95. The second kappa shape index (κ2) is 8.32. The Morgan fingerprint density at radius 3 is 2.85 bits per heavy atom. The molecule has 0 amide bonds. The van der Waals surface area contributed by atoms with Crippen LogP contribution >= 0.6 is 0 Å². The lowest BCUT2D eigenvalue weighted by atomic mass is 9.98. The van der Waals surface area contributed by atoms with Crippen molar-refractivity contribution >= 4 is 11.5 Å². The van der Waals surface area contributed by atoms with Crippen LogP contribution in [0.5, 0.6) is 5.75 Å². The summed E-state index contributed by atoms with van der Waals surface area (Å²) in [5.74, 6) is 0.317. The maximum atomic E-state index is 14.5. The molecule has 0 saturated carbocycles. The first-order chi connectivity index (χ1) is 16.6. The van der Waals surface area contributed by atoms with Crippen LogP contribution < -0.4 is 4.90 Å². The maximum absolute atomic E-state index is 14.5. The molecule has 1 aromatic carbocycles. The first-order valence-electron chi connectivity index (χ1n) is 11.3. The lowest BCUT2D eigenvalue weighted by Gasteiger charge is -2.26. The number of hydrogen-bond acceptors (Lipinski definition) is 6. The number of aromatic hydroxyl groups is 1. The Hall–Kier alpha value is -3.59. The fourth-order valence-corrected chi connectivity index (χ4v) is 4.95. The van der Waals surface area contributed by atoms with E-state index in [1.807, 2.05) is 18.2 Å². The summed E-state index contributed by atoms with van der Waals surface area (Å²) in [6.07, 6.45) is 3.50. The monoisotopic (exact) mass is 463 g/mol. The van der Waals surface area contributed by atoms with E-state index in [4.69, 9.17) is 9.84 Å². The van der Waals surface area contributed by atoms with E-state index in [1.54, 1.807) is 27.9 Å². The number of pyridine rings is 1. The lowest BCUT2D eigenvalue weighted by Crippen LogP contribution is -2.25. The Balaban J connectivity index is 1.39. The Kier molecular flexibility index (Phi) is 5.13. The highest BCUT2D eigenvalue weighted by Gasteiger charge is 2.36. The summed E-state index contributed by atoms with van der Waals surface area (Å²) in [5.41, 5.74) is 3.61. The Morgan fingerprint density at radius 2 is 2.00 bits per heavy atom. The molecule has 2 fully saturated rings. The van der Waals surface area contributed by atoms with Gasteiger partial charge in [0.05, 0.1) is 31.1 Å². The van der Waals surface area contributed by atoms with Gasteiger partial charge in [-0.2, -0.15) is 0 Å². The Bertz CT molecular complexity index is 1350. The highest BCUT2D eigenvalue weighted by Crippen LogP contribution is 2.40. The highest BCUT2D eigenvalue weighted by atomic mass is 19.1. The van der Waals surface area contributed by atoms with Crippen LogP contribution in [0.25, 0.3) is 17.0 Å². The molecule has 4 aromatic rings. The number of fused-ring (bicyclic) bond motifs is 1. The zero-order valence-electron chi connectivity index (χ0n) is 18.3. The second-order valence-corrected chi connectivity index (χ2v) is 8.84. The van der Waals surface area contributed by atoms with E-state index in [9.17, 15) is 13.9 Å². The van der Waals surface area contributed by atoms with Gasteiger partial charge in [-0.05, 0) is 54.4 Å². The molecule has 5 heterocycles. The van der Waals surface area contributed by atoms with Crippen LogP contribution in [0.4, 0.5) is 14.6 Å². The number of rotatable bonds is 4. The molecule has 0 bridgehead atoms. The molecule has 7 nitrogen and oxygen atoms in total. The number of alkyl halides is 1. The van der Waals surface area contributed by atoms with E-state index < -0.39 is 18.0 Å². The molecule has 2 aliphatic heterocycles. The van der Waals surface area contributed by atoms with Crippen molar-refractivity contribution in [3.63, 3.8) is 0 Å². The van der Waals surface area contributed by atoms with Crippen molar-refractivity contribution < 1.29 is 18.6 Å². The molecule has 0 aliphatic carbocycles. The van der Waals surface area contributed by atoms with Gasteiger partial charge < -0.3 is 14.7 Å². The van der Waals surface area contributed by atoms with E-state index in [0.29, 0.717) is 29.6 Å². The molecule has 34 heavy (non-hydrogen) atoms. The van der Waals surface area contributed by atoms with E-state index in [1.165, 1.54) is 18.2 Å². The van der Waals surface area contributed by atoms with Gasteiger partial charge in [0, 0.05) is 30.7 Å². The average molecular weight is 463 g/mol. The second-order valence-electron chi connectivity index (χ2n) is 8.84. The van der Waals surface area contributed by atoms with Gasteiger partial charge in [-0.3, -0.25) is 4.98 Å². The summed E-state index contributed by atoms with van der Waals surface area (Å²) in [6.45, 7) is 1.56. The average Bonchev–Trinajstić information content (AvgIpc) is 3.60. The lowest BCUT2D eigenvalue weighted by molar-refractivity contribution is 0.194. The van der Waals surface area contributed by atoms with Crippen molar-refractivity contribution in [1.82, 2.24) is 19.6 Å². The van der Waals surface area contributed by atoms with Crippen LogP contribution in [0.1, 0.15) is 35.9 Å². The molecule has 3 atom stereocenters. The third-order valence-corrected chi connectivity index (χ3v) is 6.69. The first-order valence-corrected chi connectivity index (χ1v) is 11.3. The number of halogens is 2. The molecule has 0 radical (unpaired) electrons.